The summed E-state index contributed by atoms with van der Waals surface area (Å²) in [5, 5.41) is 0.696. The molecule has 3 aromatic rings. The second kappa shape index (κ2) is 11.0. The summed E-state index contributed by atoms with van der Waals surface area (Å²) in [5.41, 5.74) is 9.27. The minimum absolute atomic E-state index is 0.316. The lowest BCUT2D eigenvalue weighted by Gasteiger charge is -2.13. The van der Waals surface area contributed by atoms with Gasteiger partial charge in [0.2, 0.25) is 5.91 Å². The number of primary amides is 1. The molecule has 1 amide bonds. The van der Waals surface area contributed by atoms with Gasteiger partial charge in [-0.2, -0.15) is 0 Å². The summed E-state index contributed by atoms with van der Waals surface area (Å²) >= 11 is 1.46. The first-order valence-electron chi connectivity index (χ1n) is 10.8. The molecule has 168 valence electrons. The van der Waals surface area contributed by atoms with E-state index in [0.717, 1.165) is 41.8 Å². The first-order chi connectivity index (χ1) is 15.5. The summed E-state index contributed by atoms with van der Waals surface area (Å²) < 4.78 is 7.30. The van der Waals surface area contributed by atoms with E-state index < -0.39 is 5.91 Å². The molecule has 0 saturated carbocycles. The number of amides is 1. The topological polar surface area (TPSA) is 87.2 Å². The zero-order valence-electron chi connectivity index (χ0n) is 18.8. The van der Waals surface area contributed by atoms with Gasteiger partial charge in [-0.15, -0.1) is 11.8 Å². The Hall–Kier alpha value is -3.06. The number of thioether (sulfide) groups is 1. The van der Waals surface area contributed by atoms with Crippen LogP contribution < -0.4 is 5.73 Å². The van der Waals surface area contributed by atoms with Crippen molar-refractivity contribution in [3.63, 3.8) is 0 Å². The first kappa shape index (κ1) is 23.6. The van der Waals surface area contributed by atoms with Crippen molar-refractivity contribution in [2.75, 3.05) is 12.9 Å². The molecule has 0 radical (unpaired) electrons. The number of nitrogens with zero attached hydrogens (tertiary/aromatic N) is 2. The number of hydrogen-bond acceptors (Lipinski definition) is 5. The molecule has 32 heavy (non-hydrogen) atoms. The normalized spacial score (nSPS) is 10.8. The van der Waals surface area contributed by atoms with Crippen LogP contribution in [0, 0.1) is 0 Å². The molecule has 0 aliphatic heterocycles. The molecule has 0 aliphatic carbocycles. The second-order valence-corrected chi connectivity index (χ2v) is 8.20. The number of carbonyl (C=O) groups excluding carboxylic acids is 2. The predicted octanol–water partition coefficient (Wildman–Crippen LogP) is 4.94. The summed E-state index contributed by atoms with van der Waals surface area (Å²) in [7, 11) is 0. The minimum Gasteiger partial charge on any atom is -0.461 e. The minimum atomic E-state index is -0.452. The fourth-order valence-electron chi connectivity index (χ4n) is 3.63. The summed E-state index contributed by atoms with van der Waals surface area (Å²) in [6, 6.07) is 15.3. The third kappa shape index (κ3) is 5.22. The lowest BCUT2D eigenvalue weighted by Crippen LogP contribution is -2.16. The monoisotopic (exact) mass is 451 g/mol. The number of hydrogen-bond donors (Lipinski definition) is 1. The van der Waals surface area contributed by atoms with E-state index in [4.69, 9.17) is 15.5 Å². The van der Waals surface area contributed by atoms with Gasteiger partial charge in [0.1, 0.15) is 10.9 Å². The van der Waals surface area contributed by atoms with Crippen LogP contribution in [0.15, 0.2) is 53.6 Å². The van der Waals surface area contributed by atoms with Gasteiger partial charge in [0.05, 0.1) is 6.61 Å². The van der Waals surface area contributed by atoms with Crippen LogP contribution in [-0.2, 0) is 17.7 Å². The number of esters is 1. The number of imidazole rings is 1. The van der Waals surface area contributed by atoms with Gasteiger partial charge < -0.3 is 15.0 Å². The Morgan fingerprint density at radius 2 is 1.81 bits per heavy atom. The molecule has 0 fully saturated rings. The Balaban J connectivity index is 1.96. The van der Waals surface area contributed by atoms with Gasteiger partial charge in [-0.05, 0) is 42.4 Å². The van der Waals surface area contributed by atoms with E-state index in [0.29, 0.717) is 29.4 Å². The average Bonchev–Trinajstić information content (AvgIpc) is 3.15. The van der Waals surface area contributed by atoms with Gasteiger partial charge in [-0.3, -0.25) is 4.79 Å². The number of aromatic nitrogens is 2. The van der Waals surface area contributed by atoms with Gasteiger partial charge in [0.15, 0.2) is 5.69 Å². The van der Waals surface area contributed by atoms with Crippen LogP contribution in [0.3, 0.4) is 0 Å². The molecule has 1 aromatic heterocycles. The van der Waals surface area contributed by atoms with Crippen molar-refractivity contribution in [1.29, 1.82) is 0 Å². The SMILES string of the molecule is CCCCc1nc(SC)c(C(=O)OCC)n1Cc1ccc(-c2ccccc2C(N)=O)cc1. The Kier molecular flexibility index (Phi) is 8.11. The van der Waals surface area contributed by atoms with Crippen molar-refractivity contribution in [1.82, 2.24) is 9.55 Å². The highest BCUT2D eigenvalue weighted by molar-refractivity contribution is 7.98. The number of aryl methyl sites for hydroxylation is 1. The van der Waals surface area contributed by atoms with Gasteiger partial charge in [-0.25, -0.2) is 9.78 Å². The maximum atomic E-state index is 12.7. The maximum absolute atomic E-state index is 12.7. The second-order valence-electron chi connectivity index (χ2n) is 7.40. The highest BCUT2D eigenvalue weighted by Gasteiger charge is 2.24. The van der Waals surface area contributed by atoms with Crippen LogP contribution in [0.25, 0.3) is 11.1 Å². The summed E-state index contributed by atoms with van der Waals surface area (Å²) in [5.74, 6) is 0.0915. The molecule has 1 heterocycles. The Bertz CT molecular complexity index is 1090. The molecule has 0 atom stereocenters. The van der Waals surface area contributed by atoms with Gasteiger partial charge >= 0.3 is 5.97 Å². The van der Waals surface area contributed by atoms with Crippen LogP contribution in [0.1, 0.15) is 58.9 Å². The Morgan fingerprint density at radius 3 is 2.44 bits per heavy atom. The summed E-state index contributed by atoms with van der Waals surface area (Å²) in [6.45, 7) is 4.77. The molecule has 2 aromatic carbocycles. The molecule has 0 aliphatic rings. The highest BCUT2D eigenvalue weighted by Crippen LogP contribution is 2.27. The molecule has 3 rings (SSSR count). The number of unbranched alkanes of at least 4 members (excludes halogenated alkanes) is 1. The molecule has 0 bridgehead atoms. The number of benzene rings is 2. The van der Waals surface area contributed by atoms with Crippen molar-refractivity contribution in [3.05, 3.63) is 71.2 Å². The van der Waals surface area contributed by atoms with E-state index >= 15 is 0 Å². The van der Waals surface area contributed by atoms with Crippen molar-refractivity contribution in [3.8, 4) is 11.1 Å². The standard InChI is InChI=1S/C25H29N3O3S/c1-4-6-11-21-27-24(32-3)22(25(30)31-5-2)28(21)16-17-12-14-18(15-13-17)19-9-7-8-10-20(19)23(26)29/h7-10,12-15H,4-6,11,16H2,1-3H3,(H2,26,29). The molecule has 0 saturated heterocycles. The van der Waals surface area contributed by atoms with Crippen molar-refractivity contribution in [2.24, 2.45) is 5.73 Å². The fourth-order valence-corrected chi connectivity index (χ4v) is 4.22. The van der Waals surface area contributed by atoms with Crippen molar-refractivity contribution in [2.45, 2.75) is 44.7 Å². The van der Waals surface area contributed by atoms with Crippen molar-refractivity contribution >= 4 is 23.6 Å². The third-order valence-electron chi connectivity index (χ3n) is 5.23. The van der Waals surface area contributed by atoms with Gasteiger partial charge in [0, 0.05) is 18.5 Å². The fraction of sp³-hybridized carbons (Fsp3) is 0.320. The van der Waals surface area contributed by atoms with Crippen LogP contribution in [-0.4, -0.2) is 34.3 Å². The molecular weight excluding hydrogens is 422 g/mol. The van der Waals surface area contributed by atoms with E-state index in [2.05, 4.69) is 6.92 Å². The average molecular weight is 452 g/mol. The molecule has 6 nitrogen and oxygen atoms in total. The summed E-state index contributed by atoms with van der Waals surface area (Å²) in [4.78, 5) is 29.2. The number of nitrogens with two attached hydrogens (primary N) is 1. The quantitative estimate of drug-likeness (QED) is 0.348. The molecular formula is C25H29N3O3S. The Labute approximate surface area is 193 Å². The lowest BCUT2D eigenvalue weighted by atomic mass is 9.98. The van der Waals surface area contributed by atoms with Crippen LogP contribution in [0.4, 0.5) is 0 Å². The highest BCUT2D eigenvalue weighted by atomic mass is 32.2. The smallest absolute Gasteiger partial charge is 0.357 e. The number of carbonyl (C=O) groups is 2. The molecule has 2 N–H and O–H groups in total. The number of rotatable bonds is 10. The Morgan fingerprint density at radius 1 is 1.09 bits per heavy atom. The predicted molar refractivity (Wildman–Crippen MR) is 128 cm³/mol. The van der Waals surface area contributed by atoms with E-state index in [1.54, 1.807) is 19.1 Å². The molecule has 0 unspecified atom stereocenters. The zero-order valence-corrected chi connectivity index (χ0v) is 19.6. The van der Waals surface area contributed by atoms with E-state index in [1.807, 2.05) is 47.2 Å². The molecule has 0 spiro atoms. The van der Waals surface area contributed by atoms with Gasteiger partial charge in [-0.1, -0.05) is 55.8 Å². The van der Waals surface area contributed by atoms with Gasteiger partial charge in [0.25, 0.3) is 0 Å². The van der Waals surface area contributed by atoms with Crippen molar-refractivity contribution < 1.29 is 14.3 Å². The third-order valence-corrected chi connectivity index (χ3v) is 5.90. The van der Waals surface area contributed by atoms with Crippen LogP contribution >= 0.6 is 11.8 Å². The lowest BCUT2D eigenvalue weighted by molar-refractivity contribution is 0.0509. The zero-order chi connectivity index (χ0) is 23.1. The van der Waals surface area contributed by atoms with Crippen LogP contribution in [0.2, 0.25) is 0 Å². The largest absolute Gasteiger partial charge is 0.461 e. The van der Waals surface area contributed by atoms with E-state index in [1.165, 1.54) is 11.8 Å². The first-order valence-corrected chi connectivity index (χ1v) is 12.0. The van der Waals surface area contributed by atoms with E-state index in [-0.39, 0.29) is 5.97 Å². The number of ether oxygens (including phenoxy) is 1. The maximum Gasteiger partial charge on any atom is 0.357 e. The molecule has 7 heteroatoms. The summed E-state index contributed by atoms with van der Waals surface area (Å²) in [6.07, 6.45) is 4.76. The van der Waals surface area contributed by atoms with E-state index in [9.17, 15) is 9.59 Å². The van der Waals surface area contributed by atoms with Crippen LogP contribution in [0.5, 0.6) is 0 Å².